The van der Waals surface area contributed by atoms with Gasteiger partial charge in [0.2, 0.25) is 5.91 Å². The van der Waals surface area contributed by atoms with Gasteiger partial charge in [0.25, 0.3) is 0 Å². The Hall–Kier alpha value is -3.33. The molecule has 0 fully saturated rings. The number of allylic oxidation sites excluding steroid dienone is 17. The number of ether oxygens (including phenoxy) is 1. The molecule has 526 valence electrons. The Morgan fingerprint density at radius 1 is 0.396 bits per heavy atom. The molecule has 0 aromatic carbocycles. The molecule has 0 aliphatic heterocycles. The average Bonchev–Trinajstić information content (AvgIpc) is 3.08. The third-order valence-corrected chi connectivity index (χ3v) is 17.7. The first-order valence-electron chi connectivity index (χ1n) is 38.2. The maximum atomic E-state index is 13.6. The number of nitrogens with zero attached hydrogens (tertiary/aromatic N) is 1. The Balaban J connectivity index is 4.94. The lowest BCUT2D eigenvalue weighted by atomic mass is 10.0. The fourth-order valence-electron chi connectivity index (χ4n) is 10.9. The molecule has 0 aromatic rings. The van der Waals surface area contributed by atoms with Crippen molar-refractivity contribution in [1.82, 2.24) is 5.32 Å². The van der Waals surface area contributed by atoms with Gasteiger partial charge in [-0.3, -0.25) is 18.6 Å². The lowest BCUT2D eigenvalue weighted by Crippen LogP contribution is -2.47. The Bertz CT molecular complexity index is 1930. The van der Waals surface area contributed by atoms with Crippen molar-refractivity contribution in [2.45, 2.75) is 354 Å². The molecule has 0 aromatic heterocycles. The number of hydrogen-bond acceptors (Lipinski definition) is 6. The van der Waals surface area contributed by atoms with Gasteiger partial charge in [-0.05, 0) is 115 Å². The summed E-state index contributed by atoms with van der Waals surface area (Å²) in [5.74, 6) is -0.509. The van der Waals surface area contributed by atoms with Crippen LogP contribution in [0.1, 0.15) is 342 Å². The van der Waals surface area contributed by atoms with Crippen LogP contribution in [0.5, 0.6) is 0 Å². The number of carbonyl (C=O) groups excluding carboxylic acids is 2. The van der Waals surface area contributed by atoms with E-state index in [2.05, 4.69) is 123 Å². The highest BCUT2D eigenvalue weighted by Crippen LogP contribution is 2.43. The molecular weight excluding hydrogens is 1140 g/mol. The van der Waals surface area contributed by atoms with Crippen molar-refractivity contribution in [3.05, 3.63) is 109 Å². The van der Waals surface area contributed by atoms with Gasteiger partial charge in [0.15, 0.2) is 0 Å². The maximum Gasteiger partial charge on any atom is 0.472 e. The predicted molar refractivity (Wildman–Crippen MR) is 397 cm³/mol. The quantitative estimate of drug-likeness (QED) is 0.0205. The second-order valence-corrected chi connectivity index (χ2v) is 28.2. The topological polar surface area (TPSA) is 111 Å². The van der Waals surface area contributed by atoms with E-state index in [1.165, 1.54) is 193 Å². The third-order valence-electron chi connectivity index (χ3n) is 16.7. The molecule has 0 saturated carbocycles. The minimum atomic E-state index is -4.46. The molecule has 0 aliphatic carbocycles. The summed E-state index contributed by atoms with van der Waals surface area (Å²) in [6.45, 7) is 6.89. The number of unbranched alkanes of at least 4 members (excludes halogenated alkanes) is 37. The Labute approximate surface area is 563 Å². The molecule has 0 saturated heterocycles. The SMILES string of the molecule is CC/C=C\C/C=C\C/C=C\C/C=C\C/C=C\C/C=C\CCCCCCCCCCC(=O)NC(COP(=O)(O)OCC[N+](C)(C)C)C(/C=C/CCCCCCCCCCC)OC(=O)CCCCCCCCCCCCCCCCCCC/C=C\C/C=C\CCCCC. The number of amides is 1. The predicted octanol–water partition coefficient (Wildman–Crippen LogP) is 24.8. The van der Waals surface area contributed by atoms with E-state index in [4.69, 9.17) is 13.8 Å². The normalized spacial score (nSPS) is 14.1. The summed E-state index contributed by atoms with van der Waals surface area (Å²) in [6, 6.07) is -0.859. The van der Waals surface area contributed by atoms with E-state index in [1.807, 2.05) is 33.3 Å². The van der Waals surface area contributed by atoms with Crippen molar-refractivity contribution in [3.63, 3.8) is 0 Å². The van der Waals surface area contributed by atoms with E-state index >= 15 is 0 Å². The zero-order chi connectivity index (χ0) is 66.3. The standard InChI is InChI=1S/C81H145N2O7P/c1-7-10-13-16-19-22-25-27-29-31-33-35-37-39-41-43-45-47-49-51-53-55-58-61-64-67-70-73-80(84)82-78(77-89-91(86,87)88-76-75-83(4,5)6)79(72-69-66-63-60-57-24-21-18-15-12-9-3)90-81(85)74-71-68-65-62-59-56-54-52-50-48-46-44-42-40-38-36-34-32-30-28-26-23-20-17-14-11-8-2/h10,13,19-20,22-23,27-30,33,35,39,41,45,47,69,72,78-79H,7-9,11-12,14-18,21,24-26,31-32,34,36-38,40,42-44,46,48-68,70-71,73-77H2,1-6H3,(H-,82,84,86,87)/p+1/b13-10-,22-19-,23-20-,29-27-,30-28-,35-33-,41-39-,47-45-,72-69+. The highest BCUT2D eigenvalue weighted by atomic mass is 31.2. The van der Waals surface area contributed by atoms with Crippen LogP contribution in [0.15, 0.2) is 109 Å². The molecule has 9 nitrogen and oxygen atoms in total. The van der Waals surface area contributed by atoms with Crippen LogP contribution in [0.25, 0.3) is 0 Å². The van der Waals surface area contributed by atoms with Crippen LogP contribution >= 0.6 is 7.82 Å². The molecular formula is C81H146N2O7P+. The van der Waals surface area contributed by atoms with Gasteiger partial charge >= 0.3 is 13.8 Å². The zero-order valence-electron chi connectivity index (χ0n) is 60.3. The lowest BCUT2D eigenvalue weighted by Gasteiger charge is -2.27. The molecule has 2 N–H and O–H groups in total. The maximum absolute atomic E-state index is 13.6. The van der Waals surface area contributed by atoms with E-state index in [-0.39, 0.29) is 31.5 Å². The van der Waals surface area contributed by atoms with Gasteiger partial charge in [0.05, 0.1) is 33.8 Å². The summed E-state index contributed by atoms with van der Waals surface area (Å²) < 4.78 is 30.9. The van der Waals surface area contributed by atoms with Crippen molar-refractivity contribution < 1.29 is 37.3 Å². The number of phosphoric acid groups is 1. The van der Waals surface area contributed by atoms with Crippen molar-refractivity contribution in [2.24, 2.45) is 0 Å². The van der Waals surface area contributed by atoms with Gasteiger partial charge in [0.1, 0.15) is 19.3 Å². The van der Waals surface area contributed by atoms with Crippen LogP contribution in [0, 0.1) is 0 Å². The number of rotatable bonds is 69. The zero-order valence-corrected chi connectivity index (χ0v) is 61.2. The van der Waals surface area contributed by atoms with Crippen LogP contribution in [0.3, 0.4) is 0 Å². The van der Waals surface area contributed by atoms with E-state index < -0.39 is 20.0 Å². The number of esters is 1. The van der Waals surface area contributed by atoms with Crippen LogP contribution in [0.2, 0.25) is 0 Å². The molecule has 0 aliphatic rings. The van der Waals surface area contributed by atoms with Gasteiger partial charge in [0, 0.05) is 12.8 Å². The average molecular weight is 1290 g/mol. The summed E-state index contributed by atoms with van der Waals surface area (Å²) in [5.41, 5.74) is 0. The van der Waals surface area contributed by atoms with Crippen molar-refractivity contribution in [3.8, 4) is 0 Å². The fraction of sp³-hybridized carbons (Fsp3) is 0.753. The second-order valence-electron chi connectivity index (χ2n) is 26.8. The van der Waals surface area contributed by atoms with E-state index in [9.17, 15) is 19.0 Å². The van der Waals surface area contributed by atoms with E-state index in [0.29, 0.717) is 17.4 Å². The molecule has 0 rings (SSSR count). The van der Waals surface area contributed by atoms with E-state index in [0.717, 1.165) is 116 Å². The third kappa shape index (κ3) is 70.8. The smallest absolute Gasteiger partial charge is 0.456 e. The molecule has 1 amide bonds. The number of phosphoric ester groups is 1. The van der Waals surface area contributed by atoms with Crippen LogP contribution in [-0.2, 0) is 27.9 Å². The molecule has 3 unspecified atom stereocenters. The van der Waals surface area contributed by atoms with E-state index in [1.54, 1.807) is 0 Å². The van der Waals surface area contributed by atoms with Gasteiger partial charge in [-0.2, -0.15) is 0 Å². The van der Waals surface area contributed by atoms with Gasteiger partial charge in [-0.15, -0.1) is 0 Å². The van der Waals surface area contributed by atoms with Gasteiger partial charge in [-0.1, -0.05) is 323 Å². The summed E-state index contributed by atoms with van der Waals surface area (Å²) in [5, 5.41) is 3.07. The van der Waals surface area contributed by atoms with Crippen molar-refractivity contribution >= 4 is 19.7 Å². The largest absolute Gasteiger partial charge is 0.472 e. The first-order chi connectivity index (χ1) is 44.4. The Kier molecular flexibility index (Phi) is 67.0. The minimum Gasteiger partial charge on any atom is -0.456 e. The molecule has 10 heteroatoms. The molecule has 0 radical (unpaired) electrons. The van der Waals surface area contributed by atoms with Gasteiger partial charge < -0.3 is 19.4 Å². The number of hydrogen-bond donors (Lipinski definition) is 2. The number of nitrogens with one attached hydrogen (secondary N) is 1. The second kappa shape index (κ2) is 69.5. The molecule has 91 heavy (non-hydrogen) atoms. The highest BCUT2D eigenvalue weighted by Gasteiger charge is 2.30. The lowest BCUT2D eigenvalue weighted by molar-refractivity contribution is -0.870. The minimum absolute atomic E-state index is 0.0349. The van der Waals surface area contributed by atoms with Crippen molar-refractivity contribution in [1.29, 1.82) is 0 Å². The fourth-order valence-corrected chi connectivity index (χ4v) is 11.6. The summed E-state index contributed by atoms with van der Waals surface area (Å²) >= 11 is 0. The molecule has 0 bridgehead atoms. The molecule has 0 heterocycles. The first kappa shape index (κ1) is 87.7. The summed E-state index contributed by atoms with van der Waals surface area (Å²) in [6.07, 6.45) is 96.9. The monoisotopic (exact) mass is 1290 g/mol. The van der Waals surface area contributed by atoms with Crippen LogP contribution < -0.4 is 5.32 Å². The Morgan fingerprint density at radius 2 is 0.703 bits per heavy atom. The molecule has 0 spiro atoms. The first-order valence-corrected chi connectivity index (χ1v) is 39.7. The van der Waals surface area contributed by atoms with Crippen LogP contribution in [0.4, 0.5) is 0 Å². The molecule has 3 atom stereocenters. The summed E-state index contributed by atoms with van der Waals surface area (Å²) in [4.78, 5) is 38.0. The van der Waals surface area contributed by atoms with Gasteiger partial charge in [-0.25, -0.2) is 4.57 Å². The summed E-state index contributed by atoms with van der Waals surface area (Å²) in [7, 11) is 1.49. The van der Waals surface area contributed by atoms with Crippen molar-refractivity contribution in [2.75, 3.05) is 40.9 Å². The Morgan fingerprint density at radius 3 is 1.08 bits per heavy atom. The number of likely N-dealkylation sites (N-methyl/N-ethyl adjacent to an activating group) is 1. The van der Waals surface area contributed by atoms with Crippen LogP contribution in [-0.4, -0.2) is 74.3 Å². The highest BCUT2D eigenvalue weighted by molar-refractivity contribution is 7.47. The number of carbonyl (C=O) groups is 2. The number of quaternary nitrogens is 1.